The predicted octanol–water partition coefficient (Wildman–Crippen LogP) is 3.60. The first kappa shape index (κ1) is 22.6. The molecule has 1 fully saturated rings. The molecule has 34 heavy (non-hydrogen) atoms. The summed E-state index contributed by atoms with van der Waals surface area (Å²) in [4.78, 5) is 19.5. The van der Waals surface area contributed by atoms with Crippen LogP contribution in [0.15, 0.2) is 68.4 Å². The Hall–Kier alpha value is -3.17. The summed E-state index contributed by atoms with van der Waals surface area (Å²) in [6, 6.07) is 11.4. The number of hydrogen-bond donors (Lipinski definition) is 1. The second-order valence-electron chi connectivity index (χ2n) is 8.95. The Bertz CT molecular complexity index is 1320. The number of oxazole rings is 1. The minimum Gasteiger partial charge on any atom is -0.468 e. The summed E-state index contributed by atoms with van der Waals surface area (Å²) in [5.74, 6) is 0.831. The smallest absolute Gasteiger partial charge is 0.289 e. The van der Waals surface area contributed by atoms with E-state index in [9.17, 15) is 13.2 Å². The van der Waals surface area contributed by atoms with Gasteiger partial charge in [-0.3, -0.25) is 9.69 Å². The number of carbonyl (C=O) groups is 1. The second kappa shape index (κ2) is 8.88. The summed E-state index contributed by atoms with van der Waals surface area (Å²) >= 11 is 0. The van der Waals surface area contributed by atoms with E-state index in [1.54, 1.807) is 25.3 Å². The molecule has 1 amide bonds. The van der Waals surface area contributed by atoms with Crippen molar-refractivity contribution in [3.05, 3.63) is 77.4 Å². The van der Waals surface area contributed by atoms with Crippen molar-refractivity contribution >= 4 is 21.3 Å². The van der Waals surface area contributed by atoms with Crippen molar-refractivity contribution in [1.29, 1.82) is 0 Å². The maximum absolute atomic E-state index is 12.7. The van der Waals surface area contributed by atoms with Crippen LogP contribution in [0.4, 0.5) is 0 Å². The Morgan fingerprint density at radius 1 is 1.18 bits per heavy atom. The summed E-state index contributed by atoms with van der Waals surface area (Å²) in [7, 11) is -3.27. The molecule has 5 rings (SSSR count). The molecule has 3 aromatic rings. The van der Waals surface area contributed by atoms with E-state index in [1.165, 1.54) is 12.6 Å². The van der Waals surface area contributed by atoms with Crippen LogP contribution in [0.25, 0.3) is 5.57 Å². The number of amides is 1. The number of aryl methyl sites for hydroxylation is 1. The quantitative estimate of drug-likeness (QED) is 0.550. The SMILES string of the molecule is Cc1ncoc1C(=O)NCC1=C(c2ccc(S(C)(=O)=O)cc2)C[C@@H]2CC[C@H]1N2Cc1ccco1. The van der Waals surface area contributed by atoms with Crippen LogP contribution in [0.5, 0.6) is 0 Å². The van der Waals surface area contributed by atoms with E-state index in [1.807, 2.05) is 24.3 Å². The van der Waals surface area contributed by atoms with Crippen molar-refractivity contribution in [2.24, 2.45) is 0 Å². The molecule has 0 aliphatic carbocycles. The zero-order valence-electron chi connectivity index (χ0n) is 19.2. The van der Waals surface area contributed by atoms with Gasteiger partial charge < -0.3 is 14.2 Å². The van der Waals surface area contributed by atoms with E-state index in [0.717, 1.165) is 41.7 Å². The molecule has 2 aliphatic heterocycles. The Balaban J connectivity index is 1.48. The maximum Gasteiger partial charge on any atom is 0.289 e. The molecule has 2 atom stereocenters. The number of nitrogens with zero attached hydrogens (tertiary/aromatic N) is 2. The second-order valence-corrected chi connectivity index (χ2v) is 11.0. The molecule has 9 heteroatoms. The van der Waals surface area contributed by atoms with Gasteiger partial charge in [0.15, 0.2) is 16.2 Å². The van der Waals surface area contributed by atoms with Crippen LogP contribution >= 0.6 is 0 Å². The van der Waals surface area contributed by atoms with Crippen molar-refractivity contribution in [1.82, 2.24) is 15.2 Å². The lowest BCUT2D eigenvalue weighted by Crippen LogP contribution is -2.43. The van der Waals surface area contributed by atoms with E-state index in [4.69, 9.17) is 8.83 Å². The molecule has 0 spiro atoms. The van der Waals surface area contributed by atoms with E-state index in [0.29, 0.717) is 29.7 Å². The molecule has 1 aromatic carbocycles. The number of benzene rings is 1. The summed E-state index contributed by atoms with van der Waals surface area (Å²) in [6.45, 7) is 2.81. The van der Waals surface area contributed by atoms with Crippen molar-refractivity contribution in [2.45, 2.75) is 49.7 Å². The fraction of sp³-hybridized carbons (Fsp3) is 0.360. The highest BCUT2D eigenvalue weighted by Gasteiger charge is 2.41. The first-order valence-corrected chi connectivity index (χ1v) is 13.2. The molecule has 2 aliphatic rings. The number of carbonyl (C=O) groups excluding carboxylic acids is 1. The van der Waals surface area contributed by atoms with Crippen LogP contribution in [0.2, 0.25) is 0 Å². The van der Waals surface area contributed by atoms with Crippen LogP contribution in [-0.4, -0.2) is 49.1 Å². The minimum absolute atomic E-state index is 0.157. The maximum atomic E-state index is 12.7. The van der Waals surface area contributed by atoms with Crippen LogP contribution in [-0.2, 0) is 16.4 Å². The first-order valence-electron chi connectivity index (χ1n) is 11.3. The molecule has 8 nitrogen and oxygen atoms in total. The van der Waals surface area contributed by atoms with Gasteiger partial charge in [-0.05, 0) is 67.2 Å². The van der Waals surface area contributed by atoms with Gasteiger partial charge >= 0.3 is 0 Å². The predicted molar refractivity (Wildman–Crippen MR) is 126 cm³/mol. The highest BCUT2D eigenvalue weighted by molar-refractivity contribution is 7.90. The van der Waals surface area contributed by atoms with Gasteiger partial charge in [-0.1, -0.05) is 12.1 Å². The van der Waals surface area contributed by atoms with Gasteiger partial charge in [-0.2, -0.15) is 0 Å². The largest absolute Gasteiger partial charge is 0.468 e. The number of hydrogen-bond acceptors (Lipinski definition) is 7. The molecule has 0 saturated carbocycles. The zero-order valence-corrected chi connectivity index (χ0v) is 20.0. The van der Waals surface area contributed by atoms with Gasteiger partial charge in [0.2, 0.25) is 5.76 Å². The molecule has 2 bridgehead atoms. The van der Waals surface area contributed by atoms with Crippen LogP contribution < -0.4 is 5.32 Å². The number of fused-ring (bicyclic) bond motifs is 2. The molecule has 0 radical (unpaired) electrons. The summed E-state index contributed by atoms with van der Waals surface area (Å²) in [5.41, 5.74) is 3.84. The number of sulfone groups is 1. The van der Waals surface area contributed by atoms with E-state index >= 15 is 0 Å². The molecule has 4 heterocycles. The number of furan rings is 1. The van der Waals surface area contributed by atoms with Crippen LogP contribution in [0, 0.1) is 6.92 Å². The highest BCUT2D eigenvalue weighted by atomic mass is 32.2. The van der Waals surface area contributed by atoms with Gasteiger partial charge in [0.1, 0.15) is 5.76 Å². The van der Waals surface area contributed by atoms with Gasteiger partial charge in [0.25, 0.3) is 5.91 Å². The van der Waals surface area contributed by atoms with Gasteiger partial charge in [0.05, 0.1) is 23.4 Å². The Morgan fingerprint density at radius 3 is 2.62 bits per heavy atom. The minimum atomic E-state index is -3.27. The summed E-state index contributed by atoms with van der Waals surface area (Å²) in [6.07, 6.45) is 7.03. The third-order valence-electron chi connectivity index (χ3n) is 6.81. The van der Waals surface area contributed by atoms with Crippen molar-refractivity contribution < 1.29 is 22.0 Å². The molecular formula is C25H27N3O5S. The normalized spacial score (nSPS) is 20.6. The lowest BCUT2D eigenvalue weighted by Gasteiger charge is -2.38. The molecule has 2 aromatic heterocycles. The summed E-state index contributed by atoms with van der Waals surface area (Å²) in [5, 5.41) is 3.02. The molecule has 1 N–H and O–H groups in total. The lowest BCUT2D eigenvalue weighted by atomic mass is 9.88. The lowest BCUT2D eigenvalue weighted by molar-refractivity contribution is 0.0925. The van der Waals surface area contributed by atoms with Gasteiger partial charge in [-0.15, -0.1) is 0 Å². The number of nitrogens with one attached hydrogen (secondary N) is 1. The Morgan fingerprint density at radius 2 is 1.97 bits per heavy atom. The third-order valence-corrected chi connectivity index (χ3v) is 7.94. The number of rotatable bonds is 7. The third kappa shape index (κ3) is 4.33. The van der Waals surface area contributed by atoms with E-state index in [2.05, 4.69) is 15.2 Å². The fourth-order valence-corrected chi connectivity index (χ4v) is 5.76. The Labute approximate surface area is 198 Å². The molecule has 0 unspecified atom stereocenters. The standard InChI is InChI=1S/C25H27N3O5S/c1-16-24(33-15-27-16)25(29)26-13-22-21(17-5-8-20(9-6-17)34(2,30)31)12-18-7-10-23(22)28(18)14-19-4-3-11-32-19/h3-6,8-9,11,15,18,23H,7,10,12-14H2,1-2H3,(H,26,29)/t18-,23+/m0/s1. The topological polar surface area (TPSA) is 106 Å². The van der Waals surface area contributed by atoms with Gasteiger partial charge in [-0.25, -0.2) is 13.4 Å². The highest BCUT2D eigenvalue weighted by Crippen LogP contribution is 2.43. The number of aromatic nitrogens is 1. The molecule has 178 valence electrons. The van der Waals surface area contributed by atoms with Crippen LogP contribution in [0.3, 0.4) is 0 Å². The van der Waals surface area contributed by atoms with Crippen molar-refractivity contribution in [3.63, 3.8) is 0 Å². The molecular weight excluding hydrogens is 454 g/mol. The average molecular weight is 482 g/mol. The Kier molecular flexibility index (Phi) is 5.91. The van der Waals surface area contributed by atoms with Gasteiger partial charge in [0, 0.05) is 24.9 Å². The average Bonchev–Trinajstić information content (AvgIpc) is 3.53. The van der Waals surface area contributed by atoms with E-state index < -0.39 is 9.84 Å². The zero-order chi connectivity index (χ0) is 23.9. The summed E-state index contributed by atoms with van der Waals surface area (Å²) < 4.78 is 34.7. The van der Waals surface area contributed by atoms with Crippen molar-refractivity contribution in [2.75, 3.05) is 12.8 Å². The van der Waals surface area contributed by atoms with Crippen molar-refractivity contribution in [3.8, 4) is 0 Å². The van der Waals surface area contributed by atoms with E-state index in [-0.39, 0.29) is 17.7 Å². The van der Waals surface area contributed by atoms with Crippen LogP contribution in [0.1, 0.15) is 46.8 Å². The monoisotopic (exact) mass is 481 g/mol. The fourth-order valence-electron chi connectivity index (χ4n) is 5.13. The first-order chi connectivity index (χ1) is 16.3. The molecule has 1 saturated heterocycles.